The summed E-state index contributed by atoms with van der Waals surface area (Å²) in [5, 5.41) is 0. The Morgan fingerprint density at radius 1 is 0.964 bits per heavy atom. The van der Waals surface area contributed by atoms with Crippen molar-refractivity contribution in [3.8, 4) is 0 Å². The SMILES string of the molecule is C=NCCCc1ccccc1SCc1ccc(C(F)(F)F)cc1F.CF.CF. The summed E-state index contributed by atoms with van der Waals surface area (Å²) in [7, 11) is 1.00. The largest absolute Gasteiger partial charge is 0.416 e. The highest BCUT2D eigenvalue weighted by atomic mass is 32.2. The normalized spacial score (nSPS) is 10.3. The third-order valence-corrected chi connectivity index (χ3v) is 4.66. The zero-order valence-electron chi connectivity index (χ0n) is 15.7. The van der Waals surface area contributed by atoms with Gasteiger partial charge in [0.1, 0.15) is 5.82 Å². The summed E-state index contributed by atoms with van der Waals surface area (Å²) in [6, 6.07) is 10.4. The van der Waals surface area contributed by atoms with Crippen LogP contribution in [0.25, 0.3) is 0 Å². The molecule has 0 amide bonds. The third kappa shape index (κ3) is 8.82. The van der Waals surface area contributed by atoms with Crippen LogP contribution in [0.1, 0.15) is 23.1 Å². The fourth-order valence-corrected chi connectivity index (χ4v) is 3.30. The second-order valence-electron chi connectivity index (χ2n) is 5.25. The van der Waals surface area contributed by atoms with Gasteiger partial charge in [-0.15, -0.1) is 11.8 Å². The zero-order chi connectivity index (χ0) is 21.6. The predicted octanol–water partition coefficient (Wildman–Crippen LogP) is 6.94. The van der Waals surface area contributed by atoms with Crippen molar-refractivity contribution in [1.82, 2.24) is 0 Å². The van der Waals surface area contributed by atoms with E-state index in [1.165, 1.54) is 17.8 Å². The van der Waals surface area contributed by atoms with Gasteiger partial charge in [-0.3, -0.25) is 8.78 Å². The molecular weight excluding hydrogens is 400 g/mol. The first-order valence-corrected chi connectivity index (χ1v) is 9.15. The second-order valence-corrected chi connectivity index (χ2v) is 6.27. The van der Waals surface area contributed by atoms with Crippen LogP contribution in [0.5, 0.6) is 0 Å². The first-order chi connectivity index (χ1) is 13.4. The maximum atomic E-state index is 13.9. The molecule has 0 atom stereocenters. The number of hydrogen-bond acceptors (Lipinski definition) is 2. The Morgan fingerprint density at radius 3 is 2.18 bits per heavy atom. The number of rotatable bonds is 7. The van der Waals surface area contributed by atoms with Crippen LogP contribution < -0.4 is 0 Å². The van der Waals surface area contributed by atoms with E-state index < -0.39 is 17.6 Å². The van der Waals surface area contributed by atoms with E-state index in [0.29, 0.717) is 27.0 Å². The summed E-state index contributed by atoms with van der Waals surface area (Å²) in [4.78, 5) is 4.82. The minimum Gasteiger partial charge on any atom is -0.301 e. The molecule has 2 rings (SSSR count). The number of aryl methyl sites for hydroxylation is 1. The topological polar surface area (TPSA) is 12.4 Å². The van der Waals surface area contributed by atoms with Crippen LogP contribution in [0, 0.1) is 5.82 Å². The van der Waals surface area contributed by atoms with Crippen molar-refractivity contribution in [1.29, 1.82) is 0 Å². The smallest absolute Gasteiger partial charge is 0.301 e. The summed E-state index contributed by atoms with van der Waals surface area (Å²) in [5.41, 5.74) is 0.417. The van der Waals surface area contributed by atoms with Gasteiger partial charge in [-0.05, 0) is 48.9 Å². The molecule has 8 heteroatoms. The lowest BCUT2D eigenvalue weighted by Gasteiger charge is -2.11. The van der Waals surface area contributed by atoms with E-state index in [9.17, 15) is 26.3 Å². The van der Waals surface area contributed by atoms with E-state index in [0.717, 1.165) is 29.4 Å². The van der Waals surface area contributed by atoms with E-state index in [1.807, 2.05) is 24.3 Å². The number of benzene rings is 2. The van der Waals surface area contributed by atoms with Crippen molar-refractivity contribution in [3.63, 3.8) is 0 Å². The number of hydrogen-bond donors (Lipinski definition) is 0. The van der Waals surface area contributed by atoms with Gasteiger partial charge in [0.2, 0.25) is 0 Å². The molecule has 1 nitrogen and oxygen atoms in total. The Morgan fingerprint density at radius 2 is 1.61 bits per heavy atom. The molecule has 0 fully saturated rings. The first kappa shape index (κ1) is 26.0. The number of halogens is 6. The summed E-state index contributed by atoms with van der Waals surface area (Å²) in [6.45, 7) is 4.12. The van der Waals surface area contributed by atoms with Crippen LogP contribution in [0.2, 0.25) is 0 Å². The molecule has 2 aromatic carbocycles. The van der Waals surface area contributed by atoms with Crippen LogP contribution >= 0.6 is 11.8 Å². The van der Waals surface area contributed by atoms with Gasteiger partial charge in [0.25, 0.3) is 0 Å². The molecule has 2 aromatic rings. The van der Waals surface area contributed by atoms with Gasteiger partial charge in [0.05, 0.1) is 19.9 Å². The molecule has 0 unspecified atom stereocenters. The molecule has 0 aromatic heterocycles. The van der Waals surface area contributed by atoms with Gasteiger partial charge in [-0.25, -0.2) is 4.39 Å². The van der Waals surface area contributed by atoms with E-state index in [4.69, 9.17) is 0 Å². The van der Waals surface area contributed by atoms with E-state index >= 15 is 0 Å². The van der Waals surface area contributed by atoms with Gasteiger partial charge in [0.15, 0.2) is 0 Å². The highest BCUT2D eigenvalue weighted by molar-refractivity contribution is 7.98. The van der Waals surface area contributed by atoms with Crippen molar-refractivity contribution in [2.24, 2.45) is 4.99 Å². The van der Waals surface area contributed by atoms with Crippen molar-refractivity contribution >= 4 is 18.5 Å². The van der Waals surface area contributed by atoms with Crippen molar-refractivity contribution < 1.29 is 26.3 Å². The summed E-state index contributed by atoms with van der Waals surface area (Å²) in [6.07, 6.45) is -2.83. The summed E-state index contributed by atoms with van der Waals surface area (Å²) >= 11 is 1.42. The first-order valence-electron chi connectivity index (χ1n) is 8.16. The monoisotopic (exact) mass is 423 g/mol. The number of nitrogens with zero attached hydrogens (tertiary/aromatic N) is 1. The quantitative estimate of drug-likeness (QED) is 0.203. The fourth-order valence-electron chi connectivity index (χ4n) is 2.23. The highest BCUT2D eigenvalue weighted by Gasteiger charge is 2.31. The molecule has 0 aliphatic carbocycles. The molecule has 156 valence electrons. The molecule has 0 heterocycles. The highest BCUT2D eigenvalue weighted by Crippen LogP contribution is 2.32. The molecular formula is C20H23F6NS. The van der Waals surface area contributed by atoms with Crippen molar-refractivity contribution in [3.05, 3.63) is 65.0 Å². The molecule has 0 bridgehead atoms. The molecule has 0 radical (unpaired) electrons. The minimum atomic E-state index is -4.53. The Balaban J connectivity index is 0.00000171. The van der Waals surface area contributed by atoms with Gasteiger partial charge in [0, 0.05) is 17.2 Å². The lowest BCUT2D eigenvalue weighted by molar-refractivity contribution is -0.137. The van der Waals surface area contributed by atoms with Crippen molar-refractivity contribution in [2.75, 3.05) is 20.9 Å². The van der Waals surface area contributed by atoms with Gasteiger partial charge in [-0.2, -0.15) is 13.2 Å². The lowest BCUT2D eigenvalue weighted by atomic mass is 10.1. The third-order valence-electron chi connectivity index (χ3n) is 3.50. The maximum absolute atomic E-state index is 13.9. The number of alkyl halides is 5. The summed E-state index contributed by atoms with van der Waals surface area (Å²) in [5.74, 6) is -0.550. The molecule has 0 saturated heterocycles. The molecule has 0 aliphatic heterocycles. The number of aliphatic imine (C=N–C) groups is 1. The molecule has 0 aliphatic rings. The van der Waals surface area contributed by atoms with Crippen LogP contribution in [-0.2, 0) is 18.3 Å². The Labute approximate surface area is 165 Å². The summed E-state index contributed by atoms with van der Waals surface area (Å²) < 4.78 is 70.6. The van der Waals surface area contributed by atoms with Crippen molar-refractivity contribution in [2.45, 2.75) is 29.7 Å². The minimum absolute atomic E-state index is 0.260. The van der Waals surface area contributed by atoms with E-state index in [-0.39, 0.29) is 11.3 Å². The van der Waals surface area contributed by atoms with Gasteiger partial charge < -0.3 is 4.99 Å². The molecule has 28 heavy (non-hydrogen) atoms. The van der Waals surface area contributed by atoms with E-state index in [1.54, 1.807) is 0 Å². The van der Waals surface area contributed by atoms with Crippen LogP contribution in [-0.4, -0.2) is 27.6 Å². The standard InChI is InChI=1S/C18H17F4NS.2CH3F/c1-23-10-4-6-13-5-2-3-7-17(13)24-12-14-8-9-15(11-16(14)19)18(20,21)22;2*1-2/h2-3,5,7-9,11H,1,4,6,10,12H2;2*1H3. The van der Waals surface area contributed by atoms with E-state index in [2.05, 4.69) is 11.7 Å². The molecule has 0 N–H and O–H groups in total. The maximum Gasteiger partial charge on any atom is 0.416 e. The number of thioether (sulfide) groups is 1. The van der Waals surface area contributed by atoms with Crippen LogP contribution in [0.3, 0.4) is 0 Å². The fraction of sp³-hybridized carbons (Fsp3) is 0.350. The van der Waals surface area contributed by atoms with Crippen LogP contribution in [0.4, 0.5) is 26.3 Å². The van der Waals surface area contributed by atoms with Crippen LogP contribution in [0.15, 0.2) is 52.4 Å². The lowest BCUT2D eigenvalue weighted by Crippen LogP contribution is -2.06. The zero-order valence-corrected chi connectivity index (χ0v) is 16.5. The second kappa shape index (κ2) is 14.1. The Hall–Kier alpha value is -1.96. The Bertz CT molecular complexity index is 703. The predicted molar refractivity (Wildman–Crippen MR) is 104 cm³/mol. The average Bonchev–Trinajstić information content (AvgIpc) is 2.70. The molecule has 0 spiro atoms. The van der Waals surface area contributed by atoms with Gasteiger partial charge in [-0.1, -0.05) is 24.3 Å². The average molecular weight is 423 g/mol. The Kier molecular flexibility index (Phi) is 13.1. The van der Waals surface area contributed by atoms with Gasteiger partial charge >= 0.3 is 6.18 Å². The molecule has 0 saturated carbocycles.